The van der Waals surface area contributed by atoms with Gasteiger partial charge in [0, 0.05) is 117 Å². The molecule has 0 aliphatic carbocycles. The number of hydrogen-bond acceptors (Lipinski definition) is 8. The van der Waals surface area contributed by atoms with Crippen molar-refractivity contribution in [1.82, 2.24) is 29.9 Å². The van der Waals surface area contributed by atoms with Gasteiger partial charge in [-0.25, -0.2) is 11.3 Å². The predicted molar refractivity (Wildman–Crippen MR) is 525 cm³/mol. The molecule has 0 aliphatic heterocycles. The van der Waals surface area contributed by atoms with E-state index in [0.717, 1.165) is 87.7 Å². The van der Waals surface area contributed by atoms with E-state index in [9.17, 15) is 0 Å². The van der Waals surface area contributed by atoms with Crippen molar-refractivity contribution in [1.29, 1.82) is 0 Å². The van der Waals surface area contributed by atoms with Gasteiger partial charge in [0.05, 0.1) is 21.9 Å². The fourth-order valence-electron chi connectivity index (χ4n) is 15.0. The van der Waals surface area contributed by atoms with Gasteiger partial charge in [-0.15, -0.1) is 89.5 Å². The first-order valence-corrected chi connectivity index (χ1v) is 47.8. The average Bonchev–Trinajstić information content (AvgIpc) is 0.874. The van der Waals surface area contributed by atoms with E-state index in [1.165, 1.54) is 74.3 Å². The summed E-state index contributed by atoms with van der Waals surface area (Å²) < 4.78 is 0. The molecule has 618 valence electrons. The van der Waals surface area contributed by atoms with Crippen LogP contribution in [-0.2, 0) is 92.2 Å². The molecule has 7 aromatic heterocycles. The second kappa shape index (κ2) is 44.6. The second-order valence-electron chi connectivity index (χ2n) is 28.5. The maximum atomic E-state index is 6.48. The van der Waals surface area contributed by atoms with Gasteiger partial charge in [0.15, 0.2) is 0 Å². The first kappa shape index (κ1) is 91.5. The van der Waals surface area contributed by atoms with Gasteiger partial charge in [-0.3, -0.25) is 15.0 Å². The molecular weight excluding hydrogens is 2360 g/mol. The maximum absolute atomic E-state index is 6.48. The van der Waals surface area contributed by atoms with Gasteiger partial charge in [-0.05, 0) is 151 Å². The molecule has 0 unspecified atom stereocenters. The van der Waals surface area contributed by atoms with E-state index in [1.54, 1.807) is 11.3 Å². The van der Waals surface area contributed by atoms with Crippen molar-refractivity contribution >= 4 is 160 Å². The number of thiophene rings is 1. The van der Waals surface area contributed by atoms with Gasteiger partial charge in [0.25, 0.3) is 0 Å². The van der Waals surface area contributed by atoms with E-state index >= 15 is 0 Å². The second-order valence-corrected chi connectivity index (χ2v) is 40.5. The van der Waals surface area contributed by atoms with Crippen LogP contribution in [0.25, 0.3) is 98.1 Å². The molecule has 16 heteroatoms. The number of hydrogen-bond donors (Lipinski definition) is 0. The average molecular weight is 2440 g/mol. The molecule has 0 saturated heterocycles. The van der Waals surface area contributed by atoms with E-state index in [-0.39, 0.29) is 80.4 Å². The molecule has 0 fully saturated rings. The van der Waals surface area contributed by atoms with Crippen LogP contribution in [0.2, 0.25) is 0 Å². The third-order valence-electron chi connectivity index (χ3n) is 20.8. The Morgan fingerprint density at radius 3 is 1.26 bits per heavy atom. The van der Waals surface area contributed by atoms with Gasteiger partial charge in [0.2, 0.25) is 0 Å². The SMILES string of the molecule is S=P(c1ccccc1)(c1ccccc1)c1cc[c-]c(-c2nccc3ccccc23)c1.[Ir].[Ir].[Ir].[Ir].[c-]1cc(-c2ccccc2)sc1-c1ccc2c(P(c3ccccc3)c3ccccc3)cccc2n1.[c-]1cc(P(c2ccccc2)c2ccccc2)ccc1-c1nccc2ccccc12.[c-]1cc(P(c2ccccn2)c2ccccn2)ccc1-c1ccc2ccccc2n1. The normalized spacial score (nSPS) is 10.8. The molecule has 0 atom stereocenters. The smallest absolute Gasteiger partial charge is 0.0647 e. The molecule has 0 amide bonds. The zero-order chi connectivity index (χ0) is 82.1. The van der Waals surface area contributed by atoms with Gasteiger partial charge in [-0.2, -0.15) is 12.1 Å². The molecule has 0 spiro atoms. The van der Waals surface area contributed by atoms with Gasteiger partial charge < -0.3 is 15.0 Å². The summed E-state index contributed by atoms with van der Waals surface area (Å²) in [5.41, 5.74) is 12.1. The first-order chi connectivity index (χ1) is 60.4. The molecule has 4 radical (unpaired) electrons. The summed E-state index contributed by atoms with van der Waals surface area (Å²) in [6.45, 7) is 0. The molecule has 6 nitrogen and oxygen atoms in total. The Kier molecular flexibility index (Phi) is 32.4. The van der Waals surface area contributed by atoms with Crippen LogP contribution in [-0.4, -0.2) is 29.9 Å². The Morgan fingerprint density at radius 2 is 0.730 bits per heavy atom. The summed E-state index contributed by atoms with van der Waals surface area (Å²) in [5.74, 6) is 0. The predicted octanol–water partition coefficient (Wildman–Crippen LogP) is 22.3. The first-order valence-electron chi connectivity index (χ1n) is 40.1. The molecule has 21 aromatic rings. The van der Waals surface area contributed by atoms with Crippen LogP contribution in [0.4, 0.5) is 0 Å². The van der Waals surface area contributed by atoms with Crippen LogP contribution in [0.1, 0.15) is 0 Å². The summed E-state index contributed by atoms with van der Waals surface area (Å²) >= 11 is 8.22. The fraction of sp³-hybridized carbons (Fsp3) is 0. The molecular formula is C110H76Ir4N6P4S2-4. The van der Waals surface area contributed by atoms with Gasteiger partial charge in [-0.1, -0.05) is 379 Å². The van der Waals surface area contributed by atoms with Crippen molar-refractivity contribution in [3.05, 3.63) is 486 Å². The molecule has 14 aromatic carbocycles. The number of rotatable bonds is 17. The molecule has 126 heavy (non-hydrogen) atoms. The van der Waals surface area contributed by atoms with Crippen LogP contribution in [0, 0.1) is 24.3 Å². The summed E-state index contributed by atoms with van der Waals surface area (Å²) in [6.07, 6.45) is 7.41. The Hall–Kier alpha value is -10.7. The van der Waals surface area contributed by atoms with Crippen molar-refractivity contribution in [2.75, 3.05) is 0 Å². The van der Waals surface area contributed by atoms with Crippen LogP contribution >= 0.6 is 41.1 Å². The van der Waals surface area contributed by atoms with E-state index in [1.807, 2.05) is 104 Å². The molecule has 0 saturated carbocycles. The van der Waals surface area contributed by atoms with Crippen molar-refractivity contribution in [3.63, 3.8) is 0 Å². The van der Waals surface area contributed by atoms with Crippen LogP contribution < -0.4 is 63.9 Å². The fourth-order valence-corrected chi connectivity index (χ4v) is 26.4. The zero-order valence-corrected chi connectivity index (χ0v) is 82.3. The minimum atomic E-state index is -2.20. The molecule has 0 aliphatic rings. The third-order valence-corrected chi connectivity index (χ3v) is 34.1. The topological polar surface area (TPSA) is 77.3 Å². The maximum Gasteiger partial charge on any atom is 0.0647 e. The Morgan fingerprint density at radius 1 is 0.278 bits per heavy atom. The number of para-hydroxylation sites is 1. The molecule has 7 heterocycles. The zero-order valence-electron chi connectivity index (χ0n) is 67.5. The van der Waals surface area contributed by atoms with Crippen LogP contribution in [0.5, 0.6) is 0 Å². The van der Waals surface area contributed by atoms with Crippen LogP contribution in [0.3, 0.4) is 0 Å². The summed E-state index contributed by atoms with van der Waals surface area (Å²) in [6, 6.07) is 163. The molecule has 0 N–H and O–H groups in total. The number of aromatic nitrogens is 6. The van der Waals surface area contributed by atoms with Gasteiger partial charge in [0.1, 0.15) is 0 Å². The number of pyridine rings is 6. The number of nitrogens with zero attached hydrogens (tertiary/aromatic N) is 6. The van der Waals surface area contributed by atoms with Crippen molar-refractivity contribution in [2.45, 2.75) is 0 Å². The minimum Gasteiger partial charge on any atom is -0.310 e. The molecule has 0 bridgehead atoms. The van der Waals surface area contributed by atoms with Crippen molar-refractivity contribution < 1.29 is 80.4 Å². The van der Waals surface area contributed by atoms with Gasteiger partial charge >= 0.3 is 0 Å². The van der Waals surface area contributed by atoms with E-state index < -0.39 is 29.8 Å². The monoisotopic (exact) mass is 2440 g/mol. The Balaban J connectivity index is 0.000000135. The Bertz CT molecular complexity index is 6940. The minimum absolute atomic E-state index is 0. The van der Waals surface area contributed by atoms with Crippen molar-refractivity contribution in [3.8, 4) is 54.8 Å². The number of fused-ring (bicyclic) bond motifs is 4. The van der Waals surface area contributed by atoms with Crippen molar-refractivity contribution in [2.24, 2.45) is 0 Å². The summed E-state index contributed by atoms with van der Waals surface area (Å²) in [5, 5.41) is 19.7. The number of benzene rings is 14. The quantitative estimate of drug-likeness (QED) is 0.0664. The van der Waals surface area contributed by atoms with E-state index in [2.05, 4.69) is 397 Å². The van der Waals surface area contributed by atoms with E-state index in [4.69, 9.17) is 26.8 Å². The largest absolute Gasteiger partial charge is 0.310 e. The third kappa shape index (κ3) is 21.2. The summed E-state index contributed by atoms with van der Waals surface area (Å²) in [7, 11) is -2.12. The molecule has 21 rings (SSSR count). The summed E-state index contributed by atoms with van der Waals surface area (Å²) in [4.78, 5) is 30.7. The van der Waals surface area contributed by atoms with Crippen LogP contribution in [0.15, 0.2) is 462 Å². The van der Waals surface area contributed by atoms with E-state index in [0.29, 0.717) is 0 Å². The Labute approximate surface area is 803 Å². The standard InChI is InChI=1S/C31H21NPS.C27H19NPS.C27H19NP.C25H17N3P.4Ir/c1-4-11-23(12-5-1)30-21-22-31(34-30)28-20-19-26-27(32-28)17-10-18-29(26)33(24-13-6-2-7-14-24)25-15-8-3-9-16-25;30-29(23-12-3-1-4-13-23,24-14-5-2-6-15-24)25-16-9-11-22(20-25)27-26-17-8-7-10-21(26)18-19-28-27;1-3-10-23(11-4-1)29(24-12-5-2-6-13-24)25-17-15-22(16-18-25)27-26-14-8-7-9-21(26)19-20-28-27;1-2-8-22-19(7-1)13-16-23(28-22)20-11-14-21(15-12-20)29(24-9-3-5-17-26-24)25-10-4-6-18-27-25;;;;/h1-21H;1-10,12-20H;1-15,17-20H;1-11,13-18H;;;;/q4*-1;;;;.